The van der Waals surface area contributed by atoms with Crippen molar-refractivity contribution in [3.8, 4) is 11.3 Å². The first-order valence-corrected chi connectivity index (χ1v) is 8.87. The quantitative estimate of drug-likeness (QED) is 0.810. The van der Waals surface area contributed by atoms with Crippen molar-refractivity contribution in [3.05, 3.63) is 29.3 Å². The Hall–Kier alpha value is -2.94. The van der Waals surface area contributed by atoms with Crippen molar-refractivity contribution in [2.45, 2.75) is 19.8 Å². The lowest BCUT2D eigenvalue weighted by Gasteiger charge is -2.18. The number of thiophene rings is 1. The molecule has 0 aliphatic carbocycles. The summed E-state index contributed by atoms with van der Waals surface area (Å²) in [7, 11) is 1.50. The van der Waals surface area contributed by atoms with Crippen molar-refractivity contribution >= 4 is 39.8 Å². The number of esters is 1. The Morgan fingerprint density at radius 1 is 1.42 bits per heavy atom. The lowest BCUT2D eigenvalue weighted by molar-refractivity contribution is -0.130. The van der Waals surface area contributed by atoms with Gasteiger partial charge in [0.25, 0.3) is 5.91 Å². The monoisotopic (exact) mass is 375 g/mol. The topological polar surface area (TPSA) is 101 Å². The molecule has 0 saturated carbocycles. The molecule has 9 heteroatoms. The number of ether oxygens (including phenoxy) is 1. The summed E-state index contributed by atoms with van der Waals surface area (Å²) in [6, 6.07) is 3.44. The van der Waals surface area contributed by atoms with E-state index in [2.05, 4.69) is 10.4 Å². The molecule has 0 saturated heterocycles. The van der Waals surface area contributed by atoms with Gasteiger partial charge < -0.3 is 14.5 Å². The van der Waals surface area contributed by atoms with E-state index in [1.165, 1.54) is 24.6 Å². The van der Waals surface area contributed by atoms with Crippen molar-refractivity contribution in [2.75, 3.05) is 19.0 Å². The van der Waals surface area contributed by atoms with E-state index in [0.29, 0.717) is 16.3 Å². The van der Waals surface area contributed by atoms with Crippen molar-refractivity contribution < 1.29 is 23.5 Å². The molecular formula is C17H17N3O5S. The molecule has 3 rings (SSSR count). The lowest BCUT2D eigenvalue weighted by atomic mass is 10.1. The van der Waals surface area contributed by atoms with Crippen LogP contribution in [0.25, 0.3) is 11.3 Å². The molecule has 2 amide bonds. The third kappa shape index (κ3) is 3.52. The van der Waals surface area contributed by atoms with Gasteiger partial charge in [0.2, 0.25) is 5.91 Å². The summed E-state index contributed by atoms with van der Waals surface area (Å²) in [6.07, 6.45) is 1.97. The zero-order valence-electron chi connectivity index (χ0n) is 14.3. The van der Waals surface area contributed by atoms with Gasteiger partial charge in [-0.2, -0.15) is 5.10 Å². The minimum Gasteiger partial charge on any atom is -0.464 e. The summed E-state index contributed by atoms with van der Waals surface area (Å²) in [6.45, 7) is 1.91. The molecule has 0 spiro atoms. The summed E-state index contributed by atoms with van der Waals surface area (Å²) >= 11 is 1.19. The normalized spacial score (nSPS) is 14.2. The van der Waals surface area contributed by atoms with Crippen LogP contribution in [0.3, 0.4) is 0 Å². The number of hydrazone groups is 1. The number of nitrogens with one attached hydrogen (secondary N) is 1. The minimum atomic E-state index is -0.548. The summed E-state index contributed by atoms with van der Waals surface area (Å²) in [5.74, 6) is -0.647. The standard InChI is InChI=1S/C17H17N3O5S/c1-3-24-17(23)14-10(12-5-4-8-25-12)9-26-16(14)18-15(22)11-6-7-13(21)20(2)19-11/h4-5,8-9H,3,6-7H2,1-2H3,(H,18,22). The summed E-state index contributed by atoms with van der Waals surface area (Å²) in [4.78, 5) is 36.4. The van der Waals surface area contributed by atoms with Crippen LogP contribution in [0.1, 0.15) is 30.1 Å². The van der Waals surface area contributed by atoms with E-state index in [1.807, 2.05) is 0 Å². The second kappa shape index (κ2) is 7.52. The zero-order valence-corrected chi connectivity index (χ0v) is 15.1. The second-order valence-corrected chi connectivity index (χ2v) is 6.35. The van der Waals surface area contributed by atoms with Crippen LogP contribution >= 0.6 is 11.3 Å². The highest BCUT2D eigenvalue weighted by Crippen LogP contribution is 2.36. The Bertz CT molecular complexity index is 869. The Labute approximate surface area is 153 Å². The Balaban J connectivity index is 1.90. The maximum Gasteiger partial charge on any atom is 0.341 e. The molecule has 1 N–H and O–H groups in total. The van der Waals surface area contributed by atoms with E-state index in [0.717, 1.165) is 5.01 Å². The molecule has 2 aromatic rings. The molecule has 1 aliphatic heterocycles. The average Bonchev–Trinajstić information content (AvgIpc) is 3.26. The predicted octanol–water partition coefficient (Wildman–Crippen LogP) is 2.73. The van der Waals surface area contributed by atoms with Crippen LogP contribution in [-0.2, 0) is 14.3 Å². The van der Waals surface area contributed by atoms with Gasteiger partial charge >= 0.3 is 5.97 Å². The van der Waals surface area contributed by atoms with Gasteiger partial charge in [0.1, 0.15) is 22.0 Å². The number of hydrogen-bond acceptors (Lipinski definition) is 7. The van der Waals surface area contributed by atoms with Crippen LogP contribution in [0.5, 0.6) is 0 Å². The van der Waals surface area contributed by atoms with Crippen molar-refractivity contribution in [2.24, 2.45) is 5.10 Å². The van der Waals surface area contributed by atoms with E-state index in [-0.39, 0.29) is 36.6 Å². The Kier molecular flexibility index (Phi) is 5.17. The van der Waals surface area contributed by atoms with Gasteiger partial charge in [0.05, 0.1) is 12.9 Å². The molecule has 0 radical (unpaired) electrons. The Morgan fingerprint density at radius 3 is 2.88 bits per heavy atom. The van der Waals surface area contributed by atoms with Crippen LogP contribution in [0, 0.1) is 0 Å². The minimum absolute atomic E-state index is 0.148. The highest BCUT2D eigenvalue weighted by molar-refractivity contribution is 7.15. The molecule has 0 atom stereocenters. The summed E-state index contributed by atoms with van der Waals surface area (Å²) in [5, 5.41) is 9.91. The average molecular weight is 375 g/mol. The van der Waals surface area contributed by atoms with Gasteiger partial charge in [0, 0.05) is 30.8 Å². The van der Waals surface area contributed by atoms with Gasteiger partial charge in [-0.05, 0) is 19.1 Å². The molecule has 0 aromatic carbocycles. The molecule has 3 heterocycles. The van der Waals surface area contributed by atoms with Crippen LogP contribution in [-0.4, -0.2) is 42.2 Å². The van der Waals surface area contributed by atoms with E-state index < -0.39 is 11.9 Å². The van der Waals surface area contributed by atoms with Gasteiger partial charge in [0.15, 0.2) is 0 Å². The van der Waals surface area contributed by atoms with Gasteiger partial charge in [-0.3, -0.25) is 9.59 Å². The van der Waals surface area contributed by atoms with E-state index in [4.69, 9.17) is 9.15 Å². The lowest BCUT2D eigenvalue weighted by Crippen LogP contribution is -2.34. The molecule has 8 nitrogen and oxygen atoms in total. The maximum absolute atomic E-state index is 12.5. The number of hydrogen-bond donors (Lipinski definition) is 1. The smallest absolute Gasteiger partial charge is 0.341 e. The van der Waals surface area contributed by atoms with Crippen LogP contribution in [0.4, 0.5) is 5.00 Å². The number of furan rings is 1. The summed E-state index contributed by atoms with van der Waals surface area (Å²) in [5.41, 5.74) is 1.02. The van der Waals surface area contributed by atoms with Crippen molar-refractivity contribution in [1.82, 2.24) is 5.01 Å². The Morgan fingerprint density at radius 2 is 2.23 bits per heavy atom. The highest BCUT2D eigenvalue weighted by Gasteiger charge is 2.27. The fourth-order valence-corrected chi connectivity index (χ4v) is 3.41. The predicted molar refractivity (Wildman–Crippen MR) is 96.0 cm³/mol. The number of carbonyl (C=O) groups excluding carboxylic acids is 3. The number of anilines is 1. The maximum atomic E-state index is 12.5. The molecule has 0 unspecified atom stereocenters. The van der Waals surface area contributed by atoms with E-state index in [1.54, 1.807) is 24.4 Å². The molecule has 0 bridgehead atoms. The molecule has 1 aliphatic rings. The molecule has 26 heavy (non-hydrogen) atoms. The van der Waals surface area contributed by atoms with Gasteiger partial charge in [-0.25, -0.2) is 9.80 Å². The van der Waals surface area contributed by atoms with E-state index in [9.17, 15) is 14.4 Å². The second-order valence-electron chi connectivity index (χ2n) is 5.47. The molecule has 0 fully saturated rings. The number of carbonyl (C=O) groups is 3. The fourth-order valence-electron chi connectivity index (χ4n) is 2.48. The van der Waals surface area contributed by atoms with Crippen molar-refractivity contribution in [3.63, 3.8) is 0 Å². The van der Waals surface area contributed by atoms with E-state index >= 15 is 0 Å². The third-order valence-corrected chi connectivity index (χ3v) is 4.65. The summed E-state index contributed by atoms with van der Waals surface area (Å²) < 4.78 is 10.5. The number of nitrogens with zero attached hydrogens (tertiary/aromatic N) is 2. The number of amides is 2. The molecular weight excluding hydrogens is 358 g/mol. The first kappa shape index (κ1) is 17.9. The zero-order chi connectivity index (χ0) is 18.7. The van der Waals surface area contributed by atoms with Crippen LogP contribution in [0.15, 0.2) is 33.3 Å². The molecule has 136 valence electrons. The first-order chi connectivity index (χ1) is 12.5. The SMILES string of the molecule is CCOC(=O)c1c(-c2ccco2)csc1NC(=O)C1=NN(C)C(=O)CC1. The molecule has 2 aromatic heterocycles. The number of rotatable bonds is 5. The highest BCUT2D eigenvalue weighted by atomic mass is 32.1. The van der Waals surface area contributed by atoms with Crippen LogP contribution in [0.2, 0.25) is 0 Å². The van der Waals surface area contributed by atoms with Gasteiger partial charge in [-0.15, -0.1) is 11.3 Å². The van der Waals surface area contributed by atoms with Gasteiger partial charge in [-0.1, -0.05) is 0 Å². The third-order valence-electron chi connectivity index (χ3n) is 3.75. The van der Waals surface area contributed by atoms with Crippen LogP contribution < -0.4 is 5.32 Å². The first-order valence-electron chi connectivity index (χ1n) is 7.99. The fraction of sp³-hybridized carbons (Fsp3) is 0.294. The largest absolute Gasteiger partial charge is 0.464 e. The van der Waals surface area contributed by atoms with Crippen molar-refractivity contribution in [1.29, 1.82) is 0 Å².